The number of thiazole rings is 1. The van der Waals surface area contributed by atoms with Gasteiger partial charge in [-0.05, 0) is 50.0 Å². The maximum Gasteiger partial charge on any atom is 0.279 e. The molecule has 4 aromatic rings. The summed E-state index contributed by atoms with van der Waals surface area (Å²) in [5.41, 5.74) is 1.49. The smallest absolute Gasteiger partial charge is 0.279 e. The summed E-state index contributed by atoms with van der Waals surface area (Å²) >= 11 is 1.40. The molecule has 1 fully saturated rings. The van der Waals surface area contributed by atoms with Crippen LogP contribution in [-0.2, 0) is 6.54 Å². The van der Waals surface area contributed by atoms with E-state index in [0.717, 1.165) is 31.2 Å². The van der Waals surface area contributed by atoms with Crippen LogP contribution in [0.15, 0.2) is 64.8 Å². The van der Waals surface area contributed by atoms with Crippen molar-refractivity contribution in [1.82, 2.24) is 19.7 Å². The number of anilines is 1. The third-order valence-corrected chi connectivity index (χ3v) is 6.86. The van der Waals surface area contributed by atoms with Crippen molar-refractivity contribution in [1.29, 1.82) is 0 Å². The standard InChI is InChI=1S/C25H25N5O2S/c1-17-11-13-29(14-12-17)15-18-16-33-25(26-18)27-23(31)22-20-9-5-6-10-21(20)24(32)30(28-22)19-7-3-2-4-8-19/h2-10,16-17H,11-15H2,1H3,(H,26,27,31). The van der Waals surface area contributed by atoms with Crippen LogP contribution in [0.4, 0.5) is 5.13 Å². The highest BCUT2D eigenvalue weighted by atomic mass is 32.1. The summed E-state index contributed by atoms with van der Waals surface area (Å²) in [5, 5.41) is 10.8. The van der Waals surface area contributed by atoms with Crippen LogP contribution in [0.3, 0.4) is 0 Å². The topological polar surface area (TPSA) is 80.1 Å². The number of nitrogens with zero attached hydrogens (tertiary/aromatic N) is 4. The molecule has 8 heteroatoms. The van der Waals surface area contributed by atoms with Crippen LogP contribution in [0.25, 0.3) is 16.5 Å². The maximum atomic E-state index is 13.2. The number of carbonyl (C=O) groups excluding carboxylic acids is 1. The van der Waals surface area contributed by atoms with Gasteiger partial charge in [-0.3, -0.25) is 19.8 Å². The molecule has 0 spiro atoms. The Morgan fingerprint density at radius 2 is 1.76 bits per heavy atom. The molecule has 1 saturated heterocycles. The van der Waals surface area contributed by atoms with Crippen molar-refractivity contribution >= 4 is 33.1 Å². The van der Waals surface area contributed by atoms with Crippen LogP contribution < -0.4 is 10.9 Å². The number of hydrogen-bond acceptors (Lipinski definition) is 6. The van der Waals surface area contributed by atoms with Crippen molar-refractivity contribution < 1.29 is 4.79 Å². The highest BCUT2D eigenvalue weighted by Gasteiger charge is 2.20. The van der Waals surface area contributed by atoms with E-state index in [0.29, 0.717) is 21.6 Å². The van der Waals surface area contributed by atoms with Gasteiger partial charge in [-0.15, -0.1) is 11.3 Å². The first-order chi connectivity index (χ1) is 16.1. The molecule has 1 aliphatic rings. The van der Waals surface area contributed by atoms with E-state index in [1.807, 2.05) is 23.6 Å². The molecule has 0 bridgehead atoms. The third-order valence-electron chi connectivity index (χ3n) is 6.05. The molecule has 0 saturated carbocycles. The minimum absolute atomic E-state index is 0.191. The summed E-state index contributed by atoms with van der Waals surface area (Å²) in [7, 11) is 0. The molecular weight excluding hydrogens is 434 g/mol. The molecule has 5 rings (SSSR count). The van der Waals surface area contributed by atoms with Gasteiger partial charge in [0.15, 0.2) is 10.8 Å². The van der Waals surface area contributed by atoms with Gasteiger partial charge in [-0.2, -0.15) is 9.78 Å². The van der Waals surface area contributed by atoms with Gasteiger partial charge in [0.25, 0.3) is 11.5 Å². The number of para-hydroxylation sites is 1. The number of likely N-dealkylation sites (tertiary alicyclic amines) is 1. The van der Waals surface area contributed by atoms with Gasteiger partial charge in [-0.1, -0.05) is 43.3 Å². The number of piperidine rings is 1. The van der Waals surface area contributed by atoms with Gasteiger partial charge in [0.2, 0.25) is 0 Å². The van der Waals surface area contributed by atoms with Gasteiger partial charge >= 0.3 is 0 Å². The predicted octanol–water partition coefficient (Wildman–Crippen LogP) is 4.33. The monoisotopic (exact) mass is 459 g/mol. The Morgan fingerprint density at radius 3 is 2.52 bits per heavy atom. The summed E-state index contributed by atoms with van der Waals surface area (Å²) < 4.78 is 1.28. The first-order valence-corrected chi connectivity index (χ1v) is 12.0. The normalized spacial score (nSPS) is 15.1. The number of fused-ring (bicyclic) bond motifs is 1. The molecule has 7 nitrogen and oxygen atoms in total. The Morgan fingerprint density at radius 1 is 1.06 bits per heavy atom. The van der Waals surface area contributed by atoms with E-state index < -0.39 is 0 Å². The first kappa shape index (κ1) is 21.5. The number of aromatic nitrogens is 3. The summed E-state index contributed by atoms with van der Waals surface area (Å²) in [6, 6.07) is 16.2. The molecular formula is C25H25N5O2S. The SMILES string of the molecule is CC1CCN(Cc2csc(NC(=O)c3nn(-c4ccccc4)c(=O)c4ccccc34)n2)CC1. The fourth-order valence-electron chi connectivity index (χ4n) is 4.14. The summed E-state index contributed by atoms with van der Waals surface area (Å²) in [4.78, 5) is 33.3. The second-order valence-electron chi connectivity index (χ2n) is 8.50. The lowest BCUT2D eigenvalue weighted by molar-refractivity contribution is 0.102. The highest BCUT2D eigenvalue weighted by molar-refractivity contribution is 7.14. The zero-order chi connectivity index (χ0) is 22.8. The van der Waals surface area contributed by atoms with E-state index in [-0.39, 0.29) is 17.2 Å². The zero-order valence-corrected chi connectivity index (χ0v) is 19.2. The molecule has 0 aliphatic carbocycles. The van der Waals surface area contributed by atoms with Crippen LogP contribution in [0.2, 0.25) is 0 Å². The van der Waals surface area contributed by atoms with Crippen molar-refractivity contribution in [2.45, 2.75) is 26.3 Å². The molecule has 0 unspecified atom stereocenters. The van der Waals surface area contributed by atoms with Crippen LogP contribution in [0.1, 0.15) is 35.9 Å². The average molecular weight is 460 g/mol. The van der Waals surface area contributed by atoms with Crippen LogP contribution in [0, 0.1) is 5.92 Å². The average Bonchev–Trinajstić information content (AvgIpc) is 3.28. The van der Waals surface area contributed by atoms with Crippen molar-refractivity contribution in [3.8, 4) is 5.69 Å². The number of amides is 1. The quantitative estimate of drug-likeness (QED) is 0.481. The number of rotatable bonds is 5. The van der Waals surface area contributed by atoms with Crippen molar-refractivity contribution in [3.63, 3.8) is 0 Å². The maximum absolute atomic E-state index is 13.2. The van der Waals surface area contributed by atoms with Crippen LogP contribution >= 0.6 is 11.3 Å². The molecule has 1 N–H and O–H groups in total. The minimum atomic E-state index is -0.386. The Hall–Kier alpha value is -3.36. The van der Waals surface area contributed by atoms with Crippen molar-refractivity contribution in [3.05, 3.63) is 81.7 Å². The van der Waals surface area contributed by atoms with E-state index in [1.54, 1.807) is 36.4 Å². The number of nitrogens with one attached hydrogen (secondary N) is 1. The fraction of sp³-hybridized carbons (Fsp3) is 0.280. The molecule has 33 heavy (non-hydrogen) atoms. The largest absolute Gasteiger partial charge is 0.297 e. The van der Waals surface area contributed by atoms with E-state index in [4.69, 9.17) is 0 Å². The van der Waals surface area contributed by atoms with Crippen molar-refractivity contribution in [2.24, 2.45) is 5.92 Å². The van der Waals surface area contributed by atoms with Crippen LogP contribution in [0.5, 0.6) is 0 Å². The minimum Gasteiger partial charge on any atom is -0.297 e. The predicted molar refractivity (Wildman–Crippen MR) is 131 cm³/mol. The molecule has 2 aromatic carbocycles. The van der Waals surface area contributed by atoms with Gasteiger partial charge in [0.05, 0.1) is 16.8 Å². The van der Waals surface area contributed by atoms with Gasteiger partial charge < -0.3 is 0 Å². The van der Waals surface area contributed by atoms with E-state index >= 15 is 0 Å². The summed E-state index contributed by atoms with van der Waals surface area (Å²) in [6.45, 7) is 5.25. The number of hydrogen-bond donors (Lipinski definition) is 1. The van der Waals surface area contributed by atoms with Gasteiger partial charge in [-0.25, -0.2) is 4.98 Å². The number of carbonyl (C=O) groups is 1. The Labute approximate surface area is 195 Å². The summed E-state index contributed by atoms with van der Waals surface area (Å²) in [5.74, 6) is 0.400. The second kappa shape index (κ2) is 9.25. The van der Waals surface area contributed by atoms with Crippen LogP contribution in [-0.4, -0.2) is 38.7 Å². The van der Waals surface area contributed by atoms with E-state index in [1.165, 1.54) is 28.9 Å². The lowest BCUT2D eigenvalue weighted by atomic mass is 9.99. The molecule has 2 aromatic heterocycles. The zero-order valence-electron chi connectivity index (χ0n) is 18.4. The lowest BCUT2D eigenvalue weighted by Crippen LogP contribution is -2.32. The summed E-state index contributed by atoms with van der Waals surface area (Å²) in [6.07, 6.45) is 2.42. The lowest BCUT2D eigenvalue weighted by Gasteiger charge is -2.29. The van der Waals surface area contributed by atoms with E-state index in [9.17, 15) is 9.59 Å². The molecule has 0 radical (unpaired) electrons. The second-order valence-corrected chi connectivity index (χ2v) is 9.36. The Kier molecular flexibility index (Phi) is 6.02. The molecule has 168 valence electrons. The molecule has 0 atom stereocenters. The fourth-order valence-corrected chi connectivity index (χ4v) is 4.84. The molecule has 1 aliphatic heterocycles. The highest BCUT2D eigenvalue weighted by Crippen LogP contribution is 2.22. The van der Waals surface area contributed by atoms with E-state index in [2.05, 4.69) is 27.2 Å². The third kappa shape index (κ3) is 4.58. The first-order valence-electron chi connectivity index (χ1n) is 11.1. The van der Waals surface area contributed by atoms with Gasteiger partial charge in [0, 0.05) is 17.3 Å². The molecule has 3 heterocycles. The van der Waals surface area contributed by atoms with Crippen molar-refractivity contribution in [2.75, 3.05) is 18.4 Å². The Bertz CT molecular complexity index is 1340. The number of benzene rings is 2. The Balaban J connectivity index is 1.42. The van der Waals surface area contributed by atoms with Gasteiger partial charge in [0.1, 0.15) is 0 Å². The molecule has 1 amide bonds.